The fraction of sp³-hybridized carbons (Fsp3) is 0.259. The van der Waals surface area contributed by atoms with Crippen molar-refractivity contribution in [1.82, 2.24) is 4.57 Å². The first-order valence-corrected chi connectivity index (χ1v) is 13.2. The molecule has 190 valence electrons. The van der Waals surface area contributed by atoms with E-state index in [4.69, 9.17) is 19.5 Å². The molecule has 1 aromatic heterocycles. The third-order valence-electron chi connectivity index (χ3n) is 5.68. The van der Waals surface area contributed by atoms with E-state index in [0.717, 1.165) is 5.56 Å². The summed E-state index contributed by atoms with van der Waals surface area (Å²) in [6.07, 6.45) is 2.26. The number of nitriles is 1. The van der Waals surface area contributed by atoms with Crippen LogP contribution in [0.2, 0.25) is 0 Å². The van der Waals surface area contributed by atoms with Crippen molar-refractivity contribution >= 4 is 39.3 Å². The molecule has 2 heterocycles. The number of halogens is 1. The smallest absolute Gasteiger partial charge is 0.338 e. The Balaban J connectivity index is 1.92. The number of esters is 1. The maximum Gasteiger partial charge on any atom is 0.338 e. The van der Waals surface area contributed by atoms with Crippen molar-refractivity contribution in [2.24, 2.45) is 4.99 Å². The fourth-order valence-electron chi connectivity index (χ4n) is 4.15. The third kappa shape index (κ3) is 5.24. The number of rotatable bonds is 8. The van der Waals surface area contributed by atoms with Crippen LogP contribution in [-0.4, -0.2) is 30.9 Å². The van der Waals surface area contributed by atoms with Gasteiger partial charge in [0.15, 0.2) is 22.9 Å². The molecule has 0 bridgehead atoms. The molecule has 1 aliphatic heterocycles. The summed E-state index contributed by atoms with van der Waals surface area (Å²) in [6, 6.07) is 14.2. The number of benzene rings is 2. The number of allylic oxidation sites excluding steroid dienone is 1. The number of hydrogen-bond acceptors (Lipinski definition) is 8. The van der Waals surface area contributed by atoms with Crippen LogP contribution < -0.4 is 24.4 Å². The van der Waals surface area contributed by atoms with Gasteiger partial charge in [0.25, 0.3) is 5.56 Å². The van der Waals surface area contributed by atoms with E-state index in [9.17, 15) is 9.59 Å². The molecule has 1 atom stereocenters. The predicted molar refractivity (Wildman–Crippen MR) is 143 cm³/mol. The fourth-order valence-corrected chi connectivity index (χ4v) is 5.74. The number of aromatic nitrogens is 1. The Bertz CT molecular complexity index is 1580. The lowest BCUT2D eigenvalue weighted by Gasteiger charge is -2.25. The van der Waals surface area contributed by atoms with E-state index in [0.29, 0.717) is 55.2 Å². The van der Waals surface area contributed by atoms with Gasteiger partial charge in [0, 0.05) is 0 Å². The van der Waals surface area contributed by atoms with Gasteiger partial charge in [-0.25, -0.2) is 9.79 Å². The molecule has 0 radical (unpaired) electrons. The number of methoxy groups -OCH3 is 1. The van der Waals surface area contributed by atoms with E-state index in [1.165, 1.54) is 18.4 Å². The van der Waals surface area contributed by atoms with Crippen molar-refractivity contribution in [3.63, 3.8) is 0 Å². The average Bonchev–Trinajstić information content (AvgIpc) is 3.21. The van der Waals surface area contributed by atoms with Gasteiger partial charge in [0.05, 0.1) is 40.0 Å². The van der Waals surface area contributed by atoms with Gasteiger partial charge in [-0.3, -0.25) is 9.36 Å². The van der Waals surface area contributed by atoms with Crippen LogP contribution in [0.5, 0.6) is 11.5 Å². The van der Waals surface area contributed by atoms with Crippen molar-refractivity contribution in [3.8, 4) is 17.6 Å². The summed E-state index contributed by atoms with van der Waals surface area (Å²) in [5.41, 5.74) is 2.17. The number of nitrogens with zero attached hydrogens (tertiary/aromatic N) is 3. The number of fused-ring (bicyclic) bond motifs is 1. The van der Waals surface area contributed by atoms with Crippen molar-refractivity contribution in [1.29, 1.82) is 5.26 Å². The van der Waals surface area contributed by atoms with Gasteiger partial charge in [-0.15, -0.1) is 0 Å². The van der Waals surface area contributed by atoms with Crippen molar-refractivity contribution in [3.05, 3.63) is 89.0 Å². The number of ether oxygens (including phenoxy) is 3. The molecule has 1 aliphatic rings. The lowest BCUT2D eigenvalue weighted by atomic mass is 9.95. The summed E-state index contributed by atoms with van der Waals surface area (Å²) in [5, 5.41) is 8.89. The second kappa shape index (κ2) is 11.6. The molecule has 0 N–H and O–H groups in total. The van der Waals surface area contributed by atoms with Crippen LogP contribution in [0.1, 0.15) is 37.4 Å². The van der Waals surface area contributed by atoms with Gasteiger partial charge in [-0.1, -0.05) is 48.6 Å². The monoisotopic (exact) mass is 581 g/mol. The molecular formula is C27H24BrN3O5S. The molecule has 37 heavy (non-hydrogen) atoms. The third-order valence-corrected chi connectivity index (χ3v) is 7.25. The molecule has 0 saturated heterocycles. The average molecular weight is 582 g/mol. The minimum absolute atomic E-state index is 0.127. The van der Waals surface area contributed by atoms with E-state index in [2.05, 4.69) is 20.9 Å². The van der Waals surface area contributed by atoms with E-state index < -0.39 is 12.0 Å². The van der Waals surface area contributed by atoms with Gasteiger partial charge in [0.1, 0.15) is 6.07 Å². The molecule has 0 unspecified atom stereocenters. The predicted octanol–water partition coefficient (Wildman–Crippen LogP) is 3.86. The zero-order chi connectivity index (χ0) is 26.5. The molecule has 2 aromatic carbocycles. The summed E-state index contributed by atoms with van der Waals surface area (Å²) in [5.74, 6) is 0.359. The van der Waals surface area contributed by atoms with E-state index in [-0.39, 0.29) is 12.2 Å². The standard InChI is InChI=1S/C27H24BrN3O5S/c1-4-19-22(26(33)34-3)23(17-9-7-6-8-10-17)31-25(32)21(37-27(31)30-19)15-16-13-18(28)24(36-12-11-29)20(14-16)35-5-2/h6-10,13-15,23H,4-5,12H2,1-3H3/b21-15-/t23-/m1/s1. The van der Waals surface area contributed by atoms with Gasteiger partial charge in [-0.05, 0) is 58.6 Å². The van der Waals surface area contributed by atoms with Gasteiger partial charge in [-0.2, -0.15) is 5.26 Å². The normalized spacial score (nSPS) is 15.0. The van der Waals surface area contributed by atoms with Crippen molar-refractivity contribution < 1.29 is 19.0 Å². The highest BCUT2D eigenvalue weighted by Gasteiger charge is 2.33. The Morgan fingerprint density at radius 2 is 2.00 bits per heavy atom. The highest BCUT2D eigenvalue weighted by Crippen LogP contribution is 2.37. The van der Waals surface area contributed by atoms with Crippen LogP contribution in [0.15, 0.2) is 68.0 Å². The zero-order valence-corrected chi connectivity index (χ0v) is 22.9. The summed E-state index contributed by atoms with van der Waals surface area (Å²) < 4.78 is 18.9. The lowest BCUT2D eigenvalue weighted by Crippen LogP contribution is -2.40. The summed E-state index contributed by atoms with van der Waals surface area (Å²) >= 11 is 4.74. The molecule has 0 spiro atoms. The SMILES string of the molecule is CCOc1cc(/C=c2\sc3n(c2=O)[C@H](c2ccccc2)C(C(=O)OC)=C(CC)N=3)cc(Br)c1OCC#N. The number of thiazole rings is 1. The summed E-state index contributed by atoms with van der Waals surface area (Å²) in [6.45, 7) is 4.04. The molecule has 0 aliphatic carbocycles. The second-order valence-electron chi connectivity index (χ2n) is 7.91. The molecule has 3 aromatic rings. The molecule has 8 nitrogen and oxygen atoms in total. The Kier molecular flexibility index (Phi) is 8.26. The molecule has 10 heteroatoms. The largest absolute Gasteiger partial charge is 0.490 e. The van der Waals surface area contributed by atoms with Crippen LogP contribution >= 0.6 is 27.3 Å². The topological polar surface area (TPSA) is 103 Å². The van der Waals surface area contributed by atoms with E-state index in [1.807, 2.05) is 50.2 Å². The lowest BCUT2D eigenvalue weighted by molar-refractivity contribution is -0.136. The van der Waals surface area contributed by atoms with Crippen LogP contribution in [0.25, 0.3) is 6.08 Å². The van der Waals surface area contributed by atoms with Gasteiger partial charge < -0.3 is 14.2 Å². The summed E-state index contributed by atoms with van der Waals surface area (Å²) in [4.78, 5) is 31.8. The minimum atomic E-state index is -0.658. The molecular weight excluding hydrogens is 558 g/mol. The molecule has 0 saturated carbocycles. The van der Waals surface area contributed by atoms with Crippen molar-refractivity contribution in [2.75, 3.05) is 20.3 Å². The van der Waals surface area contributed by atoms with Crippen molar-refractivity contribution in [2.45, 2.75) is 26.3 Å². The molecule has 4 rings (SSSR count). The number of carbonyl (C=O) groups is 1. The van der Waals surface area contributed by atoms with Crippen LogP contribution in [-0.2, 0) is 9.53 Å². The highest BCUT2D eigenvalue weighted by atomic mass is 79.9. The first kappa shape index (κ1) is 26.4. The number of carbonyl (C=O) groups excluding carboxylic acids is 1. The Hall–Kier alpha value is -3.68. The second-order valence-corrected chi connectivity index (χ2v) is 9.77. The minimum Gasteiger partial charge on any atom is -0.490 e. The van der Waals surface area contributed by atoms with Crippen LogP contribution in [0.4, 0.5) is 0 Å². The summed E-state index contributed by atoms with van der Waals surface area (Å²) in [7, 11) is 1.33. The Labute approximate surface area is 225 Å². The number of hydrogen-bond donors (Lipinski definition) is 0. The van der Waals surface area contributed by atoms with Crippen LogP contribution in [0, 0.1) is 11.3 Å². The van der Waals surface area contributed by atoms with Gasteiger partial charge in [0.2, 0.25) is 0 Å². The van der Waals surface area contributed by atoms with Crippen LogP contribution in [0.3, 0.4) is 0 Å². The highest BCUT2D eigenvalue weighted by molar-refractivity contribution is 9.10. The molecule has 0 fully saturated rings. The maximum atomic E-state index is 13.8. The first-order valence-electron chi connectivity index (χ1n) is 11.6. The Morgan fingerprint density at radius 3 is 2.65 bits per heavy atom. The quantitative estimate of drug-likeness (QED) is 0.374. The van der Waals surface area contributed by atoms with E-state index in [1.54, 1.807) is 22.8 Å². The first-order chi connectivity index (χ1) is 17.9. The molecule has 0 amide bonds. The van der Waals surface area contributed by atoms with E-state index >= 15 is 0 Å². The van der Waals surface area contributed by atoms with Gasteiger partial charge >= 0.3 is 5.97 Å². The Morgan fingerprint density at radius 1 is 1.24 bits per heavy atom. The zero-order valence-electron chi connectivity index (χ0n) is 20.5. The maximum absolute atomic E-state index is 13.8.